The van der Waals surface area contributed by atoms with Gasteiger partial charge in [-0.25, -0.2) is 12.7 Å². The maximum atomic E-state index is 12.5. The molecule has 0 bridgehead atoms. The van der Waals surface area contributed by atoms with Gasteiger partial charge in [0, 0.05) is 25.3 Å². The second-order valence-corrected chi connectivity index (χ2v) is 8.65. The quantitative estimate of drug-likeness (QED) is 0.885. The van der Waals surface area contributed by atoms with Gasteiger partial charge in [0.2, 0.25) is 10.0 Å². The Morgan fingerprint density at radius 2 is 1.64 bits per heavy atom. The van der Waals surface area contributed by atoms with Gasteiger partial charge in [-0.05, 0) is 48.2 Å². The molecule has 0 unspecified atom stereocenters. The van der Waals surface area contributed by atoms with Crippen molar-refractivity contribution in [1.82, 2.24) is 4.31 Å². The molecule has 25 heavy (non-hydrogen) atoms. The van der Waals surface area contributed by atoms with Crippen molar-refractivity contribution in [3.05, 3.63) is 59.2 Å². The molecule has 0 heterocycles. The molecule has 1 N–H and O–H groups in total. The number of nitrogens with zero attached hydrogens (tertiary/aromatic N) is 1. The lowest BCUT2D eigenvalue weighted by Crippen LogP contribution is -2.22. The predicted octanol–water partition coefficient (Wildman–Crippen LogP) is 3.62. The first kappa shape index (κ1) is 19.1. The third-order valence-corrected chi connectivity index (χ3v) is 5.89. The van der Waals surface area contributed by atoms with Gasteiger partial charge in [0.15, 0.2) is 0 Å². The number of nitrogens with one attached hydrogen (secondary N) is 1. The van der Waals surface area contributed by atoms with Crippen LogP contribution in [0.15, 0.2) is 47.4 Å². The lowest BCUT2D eigenvalue weighted by molar-refractivity contribution is 0.102. The molecule has 0 atom stereocenters. The van der Waals surface area contributed by atoms with Crippen molar-refractivity contribution in [2.24, 2.45) is 0 Å². The fourth-order valence-electron chi connectivity index (χ4n) is 2.32. The van der Waals surface area contributed by atoms with Crippen molar-refractivity contribution >= 4 is 21.6 Å². The van der Waals surface area contributed by atoms with E-state index < -0.39 is 10.0 Å². The van der Waals surface area contributed by atoms with Crippen LogP contribution in [0.2, 0.25) is 0 Å². The van der Waals surface area contributed by atoms with Crippen LogP contribution in [0.5, 0.6) is 0 Å². The van der Waals surface area contributed by atoms with Gasteiger partial charge >= 0.3 is 0 Å². The summed E-state index contributed by atoms with van der Waals surface area (Å²) in [4.78, 5) is 12.6. The van der Waals surface area contributed by atoms with Gasteiger partial charge in [0.05, 0.1) is 4.90 Å². The van der Waals surface area contributed by atoms with Gasteiger partial charge in [0.25, 0.3) is 5.91 Å². The van der Waals surface area contributed by atoms with Crippen LogP contribution in [0.1, 0.15) is 41.3 Å². The van der Waals surface area contributed by atoms with E-state index in [1.165, 1.54) is 26.2 Å². The van der Waals surface area contributed by atoms with E-state index in [0.29, 0.717) is 17.2 Å². The molecular formula is C19H24N2O3S. The molecule has 5 nitrogen and oxygen atoms in total. The predicted molar refractivity (Wildman–Crippen MR) is 101 cm³/mol. The normalized spacial score (nSPS) is 11.8. The minimum atomic E-state index is -3.55. The summed E-state index contributed by atoms with van der Waals surface area (Å²) in [5.74, 6) is 0.130. The highest BCUT2D eigenvalue weighted by atomic mass is 32.2. The van der Waals surface area contributed by atoms with Crippen molar-refractivity contribution in [2.45, 2.75) is 31.6 Å². The van der Waals surface area contributed by atoms with Gasteiger partial charge in [0.1, 0.15) is 0 Å². The van der Waals surface area contributed by atoms with Gasteiger partial charge in [-0.1, -0.05) is 32.0 Å². The zero-order chi connectivity index (χ0) is 18.8. The van der Waals surface area contributed by atoms with E-state index in [4.69, 9.17) is 0 Å². The Kier molecular flexibility index (Phi) is 5.65. The van der Waals surface area contributed by atoms with E-state index in [1.54, 1.807) is 18.2 Å². The summed E-state index contributed by atoms with van der Waals surface area (Å²) in [5.41, 5.74) is 2.97. The van der Waals surface area contributed by atoms with Gasteiger partial charge in [-0.2, -0.15) is 0 Å². The molecule has 0 aliphatic carbocycles. The minimum absolute atomic E-state index is 0.147. The maximum Gasteiger partial charge on any atom is 0.255 e. The molecule has 0 fully saturated rings. The summed E-state index contributed by atoms with van der Waals surface area (Å²) in [6.45, 7) is 6.01. The summed E-state index contributed by atoms with van der Waals surface area (Å²) >= 11 is 0. The zero-order valence-corrected chi connectivity index (χ0v) is 16.0. The third-order valence-electron chi connectivity index (χ3n) is 4.08. The number of hydrogen-bond acceptors (Lipinski definition) is 3. The van der Waals surface area contributed by atoms with E-state index in [2.05, 4.69) is 19.2 Å². The number of carbonyl (C=O) groups excluding carboxylic acids is 1. The lowest BCUT2D eigenvalue weighted by Gasteiger charge is -2.14. The molecule has 2 rings (SSSR count). The number of carbonyl (C=O) groups is 1. The molecule has 0 aliphatic heterocycles. The molecule has 0 saturated carbocycles. The smallest absolute Gasteiger partial charge is 0.255 e. The van der Waals surface area contributed by atoms with Crippen LogP contribution in [-0.2, 0) is 10.0 Å². The standard InChI is InChI=1S/C19H24N2O3S/c1-13(2)15-7-9-16(10-8-15)19(22)20-18-12-17(11-6-14(18)3)25(23,24)21(4)5/h6-13H,1-5H3,(H,20,22). The molecule has 0 aromatic heterocycles. The molecule has 0 saturated heterocycles. The van der Waals surface area contributed by atoms with Crippen LogP contribution in [-0.4, -0.2) is 32.7 Å². The highest BCUT2D eigenvalue weighted by Gasteiger charge is 2.19. The van der Waals surface area contributed by atoms with Crippen molar-refractivity contribution in [2.75, 3.05) is 19.4 Å². The van der Waals surface area contributed by atoms with E-state index in [0.717, 1.165) is 15.4 Å². The average molecular weight is 360 g/mol. The lowest BCUT2D eigenvalue weighted by atomic mass is 10.0. The Morgan fingerprint density at radius 3 is 2.16 bits per heavy atom. The molecule has 1 amide bonds. The fraction of sp³-hybridized carbons (Fsp3) is 0.316. The maximum absolute atomic E-state index is 12.5. The first-order valence-corrected chi connectivity index (χ1v) is 9.51. The zero-order valence-electron chi connectivity index (χ0n) is 15.2. The van der Waals surface area contributed by atoms with Crippen LogP contribution in [0.25, 0.3) is 0 Å². The van der Waals surface area contributed by atoms with Crippen LogP contribution >= 0.6 is 0 Å². The van der Waals surface area contributed by atoms with Gasteiger partial charge in [-0.15, -0.1) is 0 Å². The van der Waals surface area contributed by atoms with E-state index in [1.807, 2.05) is 19.1 Å². The van der Waals surface area contributed by atoms with Crippen LogP contribution in [0.4, 0.5) is 5.69 Å². The van der Waals surface area contributed by atoms with E-state index >= 15 is 0 Å². The highest BCUT2D eigenvalue weighted by Crippen LogP contribution is 2.23. The number of rotatable bonds is 5. The fourth-order valence-corrected chi connectivity index (χ4v) is 3.25. The SMILES string of the molecule is Cc1ccc(S(=O)(=O)N(C)C)cc1NC(=O)c1ccc(C(C)C)cc1. The number of anilines is 1. The third kappa shape index (κ3) is 4.27. The second-order valence-electron chi connectivity index (χ2n) is 6.49. The highest BCUT2D eigenvalue weighted by molar-refractivity contribution is 7.89. The Hall–Kier alpha value is -2.18. The largest absolute Gasteiger partial charge is 0.322 e. The van der Waals surface area contributed by atoms with E-state index in [-0.39, 0.29) is 10.8 Å². The van der Waals surface area contributed by atoms with Crippen molar-refractivity contribution in [3.8, 4) is 0 Å². The molecule has 2 aromatic rings. The minimum Gasteiger partial charge on any atom is -0.322 e. The first-order chi connectivity index (χ1) is 11.6. The Balaban J connectivity index is 2.29. The van der Waals surface area contributed by atoms with Gasteiger partial charge < -0.3 is 5.32 Å². The van der Waals surface area contributed by atoms with Crippen molar-refractivity contribution in [1.29, 1.82) is 0 Å². The average Bonchev–Trinajstić information content (AvgIpc) is 2.56. The van der Waals surface area contributed by atoms with Gasteiger partial charge in [-0.3, -0.25) is 4.79 Å². The van der Waals surface area contributed by atoms with Crippen LogP contribution < -0.4 is 5.32 Å². The number of benzene rings is 2. The Labute approximate surface area is 149 Å². The molecule has 2 aromatic carbocycles. The number of amides is 1. The summed E-state index contributed by atoms with van der Waals surface area (Å²) in [6.07, 6.45) is 0. The summed E-state index contributed by atoms with van der Waals surface area (Å²) in [6, 6.07) is 12.1. The molecule has 0 radical (unpaired) electrons. The van der Waals surface area contributed by atoms with Crippen molar-refractivity contribution < 1.29 is 13.2 Å². The molecule has 134 valence electrons. The topological polar surface area (TPSA) is 66.5 Å². The number of aryl methyl sites for hydroxylation is 1. The first-order valence-electron chi connectivity index (χ1n) is 8.07. The Morgan fingerprint density at radius 1 is 1.04 bits per heavy atom. The number of sulfonamides is 1. The molecule has 0 spiro atoms. The Bertz CT molecular complexity index is 870. The second kappa shape index (κ2) is 7.37. The summed E-state index contributed by atoms with van der Waals surface area (Å²) < 4.78 is 25.7. The molecular weight excluding hydrogens is 336 g/mol. The summed E-state index contributed by atoms with van der Waals surface area (Å²) in [7, 11) is -0.598. The van der Waals surface area contributed by atoms with Crippen LogP contribution in [0.3, 0.4) is 0 Å². The monoisotopic (exact) mass is 360 g/mol. The van der Waals surface area contributed by atoms with Crippen molar-refractivity contribution in [3.63, 3.8) is 0 Å². The molecule has 6 heteroatoms. The summed E-state index contributed by atoms with van der Waals surface area (Å²) in [5, 5.41) is 2.80. The van der Waals surface area contributed by atoms with Crippen LogP contribution in [0, 0.1) is 6.92 Å². The van der Waals surface area contributed by atoms with E-state index in [9.17, 15) is 13.2 Å². The number of hydrogen-bond donors (Lipinski definition) is 1. The molecule has 0 aliphatic rings.